The van der Waals surface area contributed by atoms with Gasteiger partial charge in [-0.15, -0.1) is 0 Å². The first-order chi connectivity index (χ1) is 7.51. The van der Waals surface area contributed by atoms with Crippen LogP contribution in [0.25, 0.3) is 0 Å². The van der Waals surface area contributed by atoms with Gasteiger partial charge in [-0.3, -0.25) is 0 Å². The van der Waals surface area contributed by atoms with E-state index in [9.17, 15) is 0 Å². The van der Waals surface area contributed by atoms with Crippen molar-refractivity contribution in [2.24, 2.45) is 0 Å². The highest BCUT2D eigenvalue weighted by Gasteiger charge is 2.08. The van der Waals surface area contributed by atoms with Crippen molar-refractivity contribution in [3.63, 3.8) is 0 Å². The third-order valence-corrected chi connectivity index (χ3v) is 2.08. The highest BCUT2D eigenvalue weighted by Crippen LogP contribution is 2.10. The van der Waals surface area contributed by atoms with E-state index in [4.69, 9.17) is 4.74 Å². The molecule has 90 valence electrons. The van der Waals surface area contributed by atoms with Crippen molar-refractivity contribution in [1.29, 1.82) is 0 Å². The molecule has 0 saturated heterocycles. The van der Waals surface area contributed by atoms with E-state index in [0.29, 0.717) is 0 Å². The number of hydrogen-bond donors (Lipinski definition) is 1. The van der Waals surface area contributed by atoms with Crippen molar-refractivity contribution in [3.05, 3.63) is 23.9 Å². The molecule has 0 spiro atoms. The summed E-state index contributed by atoms with van der Waals surface area (Å²) in [4.78, 5) is 4.17. The van der Waals surface area contributed by atoms with Crippen LogP contribution in [-0.2, 0) is 6.54 Å². The van der Waals surface area contributed by atoms with E-state index in [1.807, 2.05) is 12.1 Å². The van der Waals surface area contributed by atoms with Crippen LogP contribution in [-0.4, -0.2) is 17.1 Å². The third-order valence-electron chi connectivity index (χ3n) is 2.08. The summed E-state index contributed by atoms with van der Waals surface area (Å²) >= 11 is 0. The summed E-state index contributed by atoms with van der Waals surface area (Å²) in [5.74, 6) is 0.718. The van der Waals surface area contributed by atoms with E-state index >= 15 is 0 Å². The van der Waals surface area contributed by atoms with E-state index in [0.717, 1.165) is 25.5 Å². The van der Waals surface area contributed by atoms with Gasteiger partial charge in [0.1, 0.15) is 0 Å². The zero-order valence-electron chi connectivity index (χ0n) is 10.7. The molecular formula is C13H22N2O. The second-order valence-electron chi connectivity index (χ2n) is 4.95. The van der Waals surface area contributed by atoms with Crippen LogP contribution in [0.1, 0.15) is 39.7 Å². The van der Waals surface area contributed by atoms with Crippen molar-refractivity contribution in [3.8, 4) is 5.88 Å². The van der Waals surface area contributed by atoms with Crippen LogP contribution < -0.4 is 10.1 Å². The first-order valence-electron chi connectivity index (χ1n) is 5.84. The topological polar surface area (TPSA) is 34.1 Å². The van der Waals surface area contributed by atoms with Crippen LogP contribution in [0.3, 0.4) is 0 Å². The van der Waals surface area contributed by atoms with Gasteiger partial charge >= 0.3 is 0 Å². The van der Waals surface area contributed by atoms with Crippen molar-refractivity contribution < 1.29 is 4.74 Å². The summed E-state index contributed by atoms with van der Waals surface area (Å²) in [6.45, 7) is 10.1. The molecule has 0 atom stereocenters. The van der Waals surface area contributed by atoms with E-state index in [1.165, 1.54) is 5.56 Å². The predicted molar refractivity (Wildman–Crippen MR) is 66.6 cm³/mol. The molecule has 0 radical (unpaired) electrons. The molecule has 0 saturated carbocycles. The van der Waals surface area contributed by atoms with Crippen molar-refractivity contribution in [1.82, 2.24) is 10.3 Å². The molecule has 3 heteroatoms. The quantitative estimate of drug-likeness (QED) is 0.831. The van der Waals surface area contributed by atoms with Gasteiger partial charge in [-0.25, -0.2) is 4.98 Å². The fraction of sp³-hybridized carbons (Fsp3) is 0.615. The molecule has 3 nitrogen and oxygen atoms in total. The minimum Gasteiger partial charge on any atom is -0.478 e. The molecule has 1 rings (SSSR count). The number of hydrogen-bond acceptors (Lipinski definition) is 3. The fourth-order valence-corrected chi connectivity index (χ4v) is 1.21. The lowest BCUT2D eigenvalue weighted by Gasteiger charge is -2.20. The van der Waals surface area contributed by atoms with Gasteiger partial charge in [0.2, 0.25) is 5.88 Å². The Morgan fingerprint density at radius 1 is 1.38 bits per heavy atom. The van der Waals surface area contributed by atoms with Crippen LogP contribution in [0.5, 0.6) is 5.88 Å². The lowest BCUT2D eigenvalue weighted by atomic mass is 10.1. The first kappa shape index (κ1) is 13.0. The SMILES string of the molecule is CCCOc1cc(CNC(C)(C)C)ccn1. The molecule has 1 aromatic heterocycles. The summed E-state index contributed by atoms with van der Waals surface area (Å²) in [7, 11) is 0. The van der Waals surface area contributed by atoms with Crippen LogP contribution >= 0.6 is 0 Å². The predicted octanol–water partition coefficient (Wildman–Crippen LogP) is 2.76. The molecule has 1 N–H and O–H groups in total. The summed E-state index contributed by atoms with van der Waals surface area (Å²) in [6.07, 6.45) is 2.80. The maximum Gasteiger partial charge on any atom is 0.213 e. The number of nitrogens with zero attached hydrogens (tertiary/aromatic N) is 1. The van der Waals surface area contributed by atoms with Gasteiger partial charge in [0.15, 0.2) is 0 Å². The molecule has 0 aromatic carbocycles. The summed E-state index contributed by atoms with van der Waals surface area (Å²) in [6, 6.07) is 4.01. The van der Waals surface area contributed by atoms with Crippen molar-refractivity contribution >= 4 is 0 Å². The van der Waals surface area contributed by atoms with Gasteiger partial charge in [-0.1, -0.05) is 6.92 Å². The maximum absolute atomic E-state index is 5.49. The highest BCUT2D eigenvalue weighted by atomic mass is 16.5. The zero-order chi connectivity index (χ0) is 12.0. The molecule has 1 aromatic rings. The molecule has 0 amide bonds. The standard InChI is InChI=1S/C13H22N2O/c1-5-8-16-12-9-11(6-7-14-12)10-15-13(2,3)4/h6-7,9,15H,5,8,10H2,1-4H3. The molecule has 0 unspecified atom stereocenters. The first-order valence-corrected chi connectivity index (χ1v) is 5.84. The summed E-state index contributed by atoms with van der Waals surface area (Å²) in [5, 5.41) is 3.44. The Bertz CT molecular complexity index is 318. The molecule has 0 bridgehead atoms. The van der Waals surface area contributed by atoms with Crippen LogP contribution in [0.15, 0.2) is 18.3 Å². The molecule has 0 aliphatic heterocycles. The maximum atomic E-state index is 5.49. The van der Waals surface area contributed by atoms with Gasteiger partial charge < -0.3 is 10.1 Å². The molecular weight excluding hydrogens is 200 g/mol. The third kappa shape index (κ3) is 5.12. The van der Waals surface area contributed by atoms with Gasteiger partial charge in [0, 0.05) is 24.3 Å². The number of aromatic nitrogens is 1. The van der Waals surface area contributed by atoms with Crippen molar-refractivity contribution in [2.75, 3.05) is 6.61 Å². The van der Waals surface area contributed by atoms with Crippen LogP contribution in [0.2, 0.25) is 0 Å². The lowest BCUT2D eigenvalue weighted by molar-refractivity contribution is 0.304. The lowest BCUT2D eigenvalue weighted by Crippen LogP contribution is -2.35. The van der Waals surface area contributed by atoms with E-state index < -0.39 is 0 Å². The van der Waals surface area contributed by atoms with Gasteiger partial charge in [-0.05, 0) is 38.8 Å². The minimum absolute atomic E-state index is 0.133. The van der Waals surface area contributed by atoms with Crippen LogP contribution in [0.4, 0.5) is 0 Å². The Labute approximate surface area is 98.2 Å². The van der Waals surface area contributed by atoms with E-state index in [1.54, 1.807) is 6.20 Å². The van der Waals surface area contributed by atoms with Gasteiger partial charge in [0.05, 0.1) is 6.61 Å². The Hall–Kier alpha value is -1.09. The Morgan fingerprint density at radius 3 is 2.75 bits per heavy atom. The normalized spacial score (nSPS) is 11.5. The number of rotatable bonds is 5. The van der Waals surface area contributed by atoms with Gasteiger partial charge in [-0.2, -0.15) is 0 Å². The highest BCUT2D eigenvalue weighted by molar-refractivity contribution is 5.20. The fourth-order valence-electron chi connectivity index (χ4n) is 1.21. The second-order valence-corrected chi connectivity index (χ2v) is 4.95. The van der Waals surface area contributed by atoms with Crippen LogP contribution in [0, 0.1) is 0 Å². The monoisotopic (exact) mass is 222 g/mol. The van der Waals surface area contributed by atoms with Crippen molar-refractivity contribution in [2.45, 2.75) is 46.2 Å². The second kappa shape index (κ2) is 5.85. The average molecular weight is 222 g/mol. The average Bonchev–Trinajstić information content (AvgIpc) is 2.23. The minimum atomic E-state index is 0.133. The number of nitrogens with one attached hydrogen (secondary N) is 1. The summed E-state index contributed by atoms with van der Waals surface area (Å²) in [5.41, 5.74) is 1.34. The number of pyridine rings is 1. The molecule has 0 fully saturated rings. The summed E-state index contributed by atoms with van der Waals surface area (Å²) < 4.78 is 5.49. The van der Waals surface area contributed by atoms with E-state index in [2.05, 4.69) is 38.0 Å². The van der Waals surface area contributed by atoms with Gasteiger partial charge in [0.25, 0.3) is 0 Å². The molecule has 0 aliphatic rings. The Morgan fingerprint density at radius 2 is 2.12 bits per heavy atom. The largest absolute Gasteiger partial charge is 0.478 e. The Kier molecular flexibility index (Phi) is 4.74. The molecule has 0 aliphatic carbocycles. The zero-order valence-corrected chi connectivity index (χ0v) is 10.7. The molecule has 1 heterocycles. The number of ether oxygens (including phenoxy) is 1. The molecule has 16 heavy (non-hydrogen) atoms. The smallest absolute Gasteiger partial charge is 0.213 e. The van der Waals surface area contributed by atoms with E-state index in [-0.39, 0.29) is 5.54 Å². The Balaban J connectivity index is 2.53.